The molecule has 1 aliphatic heterocycles. The fourth-order valence-electron chi connectivity index (χ4n) is 3.10. The number of carbonyl (C=O) groups is 1. The maximum absolute atomic E-state index is 12.9. The smallest absolute Gasteiger partial charge is 0.368 e. The molecule has 1 saturated heterocycles. The lowest BCUT2D eigenvalue weighted by molar-refractivity contribution is -0.137. The Hall–Kier alpha value is -2.16. The number of likely N-dealkylation sites (tertiary alicyclic amines) is 1. The number of hydrogen-bond acceptors (Lipinski definition) is 4. The van der Waals surface area contributed by atoms with Gasteiger partial charge in [0.15, 0.2) is 5.65 Å². The molecule has 6 nitrogen and oxygen atoms in total. The number of hydrogen-bond donors (Lipinski definition) is 1. The standard InChI is InChI=1S/C15H18F3N5O/c1-9(13(19)24)22-6-2-3-10(7-22)14-21-20-12-5-4-11(8-23(12)14)15(16,17)18/h4-5,8-10H,2-3,6-7H2,1H3,(H2,19,24). The molecule has 24 heavy (non-hydrogen) atoms. The Morgan fingerprint density at radius 1 is 1.38 bits per heavy atom. The quantitative estimate of drug-likeness (QED) is 0.924. The van der Waals surface area contributed by atoms with Crippen molar-refractivity contribution in [2.24, 2.45) is 5.73 Å². The van der Waals surface area contributed by atoms with Crippen molar-refractivity contribution >= 4 is 11.6 Å². The van der Waals surface area contributed by atoms with Crippen molar-refractivity contribution in [3.05, 3.63) is 29.7 Å². The number of nitrogens with two attached hydrogens (primary N) is 1. The number of aromatic nitrogens is 3. The molecule has 0 aromatic carbocycles. The normalized spacial score (nSPS) is 21.1. The van der Waals surface area contributed by atoms with E-state index >= 15 is 0 Å². The van der Waals surface area contributed by atoms with Crippen LogP contribution in [0.5, 0.6) is 0 Å². The molecule has 0 aliphatic carbocycles. The van der Waals surface area contributed by atoms with Gasteiger partial charge in [-0.05, 0) is 38.4 Å². The third-order valence-corrected chi connectivity index (χ3v) is 4.53. The molecule has 2 aromatic rings. The molecule has 2 N–H and O–H groups in total. The van der Waals surface area contributed by atoms with Crippen LogP contribution in [0.1, 0.15) is 37.1 Å². The number of fused-ring (bicyclic) bond motifs is 1. The SMILES string of the molecule is CC(C(N)=O)N1CCCC(c2nnc3ccc(C(F)(F)F)cn23)C1. The van der Waals surface area contributed by atoms with Crippen LogP contribution in [0.3, 0.4) is 0 Å². The van der Waals surface area contributed by atoms with E-state index in [2.05, 4.69) is 10.2 Å². The summed E-state index contributed by atoms with van der Waals surface area (Å²) < 4.78 is 40.2. The Labute approximate surface area is 136 Å². The van der Waals surface area contributed by atoms with Crippen LogP contribution in [0.4, 0.5) is 13.2 Å². The zero-order chi connectivity index (χ0) is 17.5. The summed E-state index contributed by atoms with van der Waals surface area (Å²) in [4.78, 5) is 13.3. The maximum Gasteiger partial charge on any atom is 0.417 e. The van der Waals surface area contributed by atoms with Crippen molar-refractivity contribution in [1.29, 1.82) is 0 Å². The predicted molar refractivity (Wildman–Crippen MR) is 80.2 cm³/mol. The summed E-state index contributed by atoms with van der Waals surface area (Å²) in [7, 11) is 0. The fraction of sp³-hybridized carbons (Fsp3) is 0.533. The van der Waals surface area contributed by atoms with Gasteiger partial charge >= 0.3 is 6.18 Å². The topological polar surface area (TPSA) is 76.5 Å². The number of carbonyl (C=O) groups excluding carboxylic acids is 1. The minimum absolute atomic E-state index is 0.0981. The number of nitrogens with zero attached hydrogens (tertiary/aromatic N) is 4. The first-order chi connectivity index (χ1) is 11.3. The molecular formula is C15H18F3N5O. The van der Waals surface area contributed by atoms with Crippen molar-refractivity contribution in [2.75, 3.05) is 13.1 Å². The van der Waals surface area contributed by atoms with E-state index in [-0.39, 0.29) is 5.92 Å². The van der Waals surface area contributed by atoms with Gasteiger partial charge in [0.25, 0.3) is 0 Å². The van der Waals surface area contributed by atoms with Crippen LogP contribution in [-0.4, -0.2) is 44.5 Å². The lowest BCUT2D eigenvalue weighted by atomic mass is 9.96. The van der Waals surface area contributed by atoms with E-state index < -0.39 is 23.7 Å². The number of primary amides is 1. The highest BCUT2D eigenvalue weighted by Gasteiger charge is 2.33. The van der Waals surface area contributed by atoms with Crippen molar-refractivity contribution in [3.8, 4) is 0 Å². The van der Waals surface area contributed by atoms with Gasteiger partial charge in [-0.1, -0.05) is 0 Å². The molecule has 0 spiro atoms. The third kappa shape index (κ3) is 3.08. The van der Waals surface area contributed by atoms with Crippen molar-refractivity contribution in [1.82, 2.24) is 19.5 Å². The molecule has 0 bridgehead atoms. The molecule has 0 radical (unpaired) electrons. The Morgan fingerprint density at radius 3 is 2.79 bits per heavy atom. The molecular weight excluding hydrogens is 323 g/mol. The molecule has 3 heterocycles. The summed E-state index contributed by atoms with van der Waals surface area (Å²) in [6.45, 7) is 2.97. The van der Waals surface area contributed by atoms with Crippen LogP contribution in [0.25, 0.3) is 5.65 Å². The Morgan fingerprint density at radius 2 is 2.12 bits per heavy atom. The first-order valence-electron chi connectivity index (χ1n) is 7.72. The van der Waals surface area contributed by atoms with Crippen LogP contribution in [0.2, 0.25) is 0 Å². The highest BCUT2D eigenvalue weighted by molar-refractivity contribution is 5.79. The van der Waals surface area contributed by atoms with E-state index in [9.17, 15) is 18.0 Å². The average Bonchev–Trinajstić information content (AvgIpc) is 2.96. The largest absolute Gasteiger partial charge is 0.417 e. The zero-order valence-corrected chi connectivity index (χ0v) is 13.1. The Balaban J connectivity index is 1.92. The molecule has 2 aromatic heterocycles. The van der Waals surface area contributed by atoms with E-state index in [4.69, 9.17) is 5.73 Å². The molecule has 9 heteroatoms. The second-order valence-electron chi connectivity index (χ2n) is 6.11. The van der Waals surface area contributed by atoms with Gasteiger partial charge in [0.05, 0.1) is 11.6 Å². The van der Waals surface area contributed by atoms with Crippen LogP contribution >= 0.6 is 0 Å². The summed E-state index contributed by atoms with van der Waals surface area (Å²) in [5.74, 6) is -0.0300. The number of rotatable bonds is 3. The van der Waals surface area contributed by atoms with Gasteiger partial charge in [-0.15, -0.1) is 10.2 Å². The van der Waals surface area contributed by atoms with Gasteiger partial charge < -0.3 is 5.73 Å². The fourth-order valence-corrected chi connectivity index (χ4v) is 3.10. The third-order valence-electron chi connectivity index (χ3n) is 4.53. The van der Waals surface area contributed by atoms with Crippen molar-refractivity contribution < 1.29 is 18.0 Å². The van der Waals surface area contributed by atoms with Gasteiger partial charge in [-0.25, -0.2) is 0 Å². The molecule has 1 amide bonds. The highest BCUT2D eigenvalue weighted by atomic mass is 19.4. The minimum atomic E-state index is -4.42. The van der Waals surface area contributed by atoms with Crippen LogP contribution in [0, 0.1) is 0 Å². The molecule has 2 atom stereocenters. The zero-order valence-electron chi connectivity index (χ0n) is 13.1. The molecule has 1 aliphatic rings. The van der Waals surface area contributed by atoms with Gasteiger partial charge in [-0.2, -0.15) is 13.2 Å². The maximum atomic E-state index is 12.9. The molecule has 130 valence electrons. The molecule has 2 unspecified atom stereocenters. The van der Waals surface area contributed by atoms with E-state index in [1.165, 1.54) is 10.5 Å². The summed E-state index contributed by atoms with van der Waals surface area (Å²) in [5, 5.41) is 8.04. The van der Waals surface area contributed by atoms with Crippen molar-refractivity contribution in [3.63, 3.8) is 0 Å². The minimum Gasteiger partial charge on any atom is -0.368 e. The summed E-state index contributed by atoms with van der Waals surface area (Å²) >= 11 is 0. The highest BCUT2D eigenvalue weighted by Crippen LogP contribution is 2.31. The number of halogens is 3. The molecule has 0 saturated carbocycles. The lowest BCUT2D eigenvalue weighted by Gasteiger charge is -2.34. The number of alkyl halides is 3. The second-order valence-corrected chi connectivity index (χ2v) is 6.11. The van der Waals surface area contributed by atoms with Crippen molar-refractivity contribution in [2.45, 2.75) is 37.9 Å². The average molecular weight is 341 g/mol. The van der Waals surface area contributed by atoms with E-state index in [1.807, 2.05) is 4.90 Å². The van der Waals surface area contributed by atoms with Gasteiger partial charge in [0.1, 0.15) is 5.82 Å². The predicted octanol–water partition coefficient (Wildman–Crippen LogP) is 1.80. The van der Waals surface area contributed by atoms with Gasteiger partial charge in [-0.3, -0.25) is 14.1 Å². The first-order valence-corrected chi connectivity index (χ1v) is 7.72. The van der Waals surface area contributed by atoms with E-state index in [0.717, 1.165) is 31.6 Å². The monoisotopic (exact) mass is 341 g/mol. The second kappa shape index (κ2) is 6.04. The number of piperidine rings is 1. The van der Waals surface area contributed by atoms with Crippen LogP contribution in [0.15, 0.2) is 18.3 Å². The Kier molecular flexibility index (Phi) is 4.20. The number of amides is 1. The number of pyridine rings is 1. The van der Waals surface area contributed by atoms with Crippen LogP contribution in [-0.2, 0) is 11.0 Å². The van der Waals surface area contributed by atoms with E-state index in [1.54, 1.807) is 6.92 Å². The summed E-state index contributed by atoms with van der Waals surface area (Å²) in [5.41, 5.74) is 4.98. The molecule has 1 fully saturated rings. The van der Waals surface area contributed by atoms with Crippen LogP contribution < -0.4 is 5.73 Å². The Bertz CT molecular complexity index is 757. The van der Waals surface area contributed by atoms with Gasteiger partial charge in [0.2, 0.25) is 5.91 Å². The van der Waals surface area contributed by atoms with E-state index in [0.29, 0.717) is 18.0 Å². The summed E-state index contributed by atoms with van der Waals surface area (Å²) in [6, 6.07) is 1.89. The summed E-state index contributed by atoms with van der Waals surface area (Å²) in [6.07, 6.45) is -1.80. The van der Waals surface area contributed by atoms with Gasteiger partial charge in [0, 0.05) is 18.7 Å². The first kappa shape index (κ1) is 16.7. The lowest BCUT2D eigenvalue weighted by Crippen LogP contribution is -2.47. The molecule has 3 rings (SSSR count).